The van der Waals surface area contributed by atoms with E-state index in [2.05, 4.69) is 12.6 Å². The number of benzene rings is 2. The maximum atomic E-state index is 12.5. The molecule has 3 rings (SSSR count). The number of hydrogen-bond donors (Lipinski definition) is 1. The zero-order valence-corrected chi connectivity index (χ0v) is 12.9. The van der Waals surface area contributed by atoms with Gasteiger partial charge in [0.2, 0.25) is 0 Å². The molecule has 4 nitrogen and oxygen atoms in total. The third-order valence-corrected chi connectivity index (χ3v) is 3.97. The number of carbonyl (C=O) groups is 2. The Hall–Kier alpha value is -2.01. The number of amides is 2. The molecule has 1 heterocycles. The highest BCUT2D eigenvalue weighted by Crippen LogP contribution is 2.35. The van der Waals surface area contributed by atoms with Crippen LogP contribution in [-0.2, 0) is 0 Å². The summed E-state index contributed by atoms with van der Waals surface area (Å²) in [5, 5.41) is 1.69. The Morgan fingerprint density at radius 2 is 1.71 bits per heavy atom. The van der Waals surface area contributed by atoms with Crippen molar-refractivity contribution in [2.45, 2.75) is 0 Å². The molecular formula is C16H16N2O2S. The van der Waals surface area contributed by atoms with Gasteiger partial charge < -0.3 is 4.90 Å². The van der Waals surface area contributed by atoms with Gasteiger partial charge in [0, 0.05) is 54.0 Å². The first-order chi connectivity index (χ1) is 10.1. The van der Waals surface area contributed by atoms with Crippen LogP contribution < -0.4 is 4.90 Å². The summed E-state index contributed by atoms with van der Waals surface area (Å²) in [5.41, 5.74) is 2.18. The van der Waals surface area contributed by atoms with E-state index in [0.29, 0.717) is 23.4 Å². The van der Waals surface area contributed by atoms with Gasteiger partial charge in [0.25, 0.3) is 11.8 Å². The highest BCUT2D eigenvalue weighted by Gasteiger charge is 2.32. The first-order valence-electron chi connectivity index (χ1n) is 6.76. The lowest BCUT2D eigenvalue weighted by atomic mass is 9.93. The molecule has 0 bridgehead atoms. The molecule has 0 atom stereocenters. The fourth-order valence-electron chi connectivity index (χ4n) is 2.82. The third kappa shape index (κ3) is 2.00. The molecule has 21 heavy (non-hydrogen) atoms. The van der Waals surface area contributed by atoms with Crippen molar-refractivity contribution in [3.05, 3.63) is 41.5 Å². The molecule has 2 amide bonds. The van der Waals surface area contributed by atoms with Gasteiger partial charge in [-0.2, -0.15) is 12.6 Å². The molecular weight excluding hydrogens is 284 g/mol. The van der Waals surface area contributed by atoms with E-state index in [0.717, 1.165) is 16.5 Å². The Bertz CT molecular complexity index is 733. The molecule has 0 saturated heterocycles. The quantitative estimate of drug-likeness (QED) is 0.699. The van der Waals surface area contributed by atoms with Crippen LogP contribution in [0.2, 0.25) is 0 Å². The van der Waals surface area contributed by atoms with Crippen LogP contribution in [0.25, 0.3) is 10.8 Å². The van der Waals surface area contributed by atoms with E-state index < -0.39 is 0 Å². The fraction of sp³-hybridized carbons (Fsp3) is 0.250. The average Bonchev–Trinajstić information content (AvgIpc) is 2.48. The Kier molecular flexibility index (Phi) is 3.37. The summed E-state index contributed by atoms with van der Waals surface area (Å²) in [7, 11) is 3.90. The molecule has 0 aromatic heterocycles. The largest absolute Gasteiger partial charge is 0.377 e. The van der Waals surface area contributed by atoms with E-state index in [-0.39, 0.29) is 11.8 Å². The molecule has 0 saturated carbocycles. The third-order valence-electron chi connectivity index (χ3n) is 3.77. The van der Waals surface area contributed by atoms with Crippen molar-refractivity contribution in [2.75, 3.05) is 31.3 Å². The maximum absolute atomic E-state index is 12.5. The molecule has 0 aliphatic carbocycles. The minimum Gasteiger partial charge on any atom is -0.377 e. The average molecular weight is 300 g/mol. The summed E-state index contributed by atoms with van der Waals surface area (Å²) in [6.45, 7) is 0.325. The zero-order chi connectivity index (χ0) is 15.1. The van der Waals surface area contributed by atoms with Crippen molar-refractivity contribution >= 4 is 40.9 Å². The summed E-state index contributed by atoms with van der Waals surface area (Å²) in [5.74, 6) is -0.00965. The van der Waals surface area contributed by atoms with Gasteiger partial charge in [-0.05, 0) is 18.2 Å². The highest BCUT2D eigenvalue weighted by molar-refractivity contribution is 7.80. The van der Waals surface area contributed by atoms with Crippen LogP contribution in [-0.4, -0.2) is 43.1 Å². The van der Waals surface area contributed by atoms with E-state index in [1.165, 1.54) is 4.90 Å². The van der Waals surface area contributed by atoms with Gasteiger partial charge in [-0.25, -0.2) is 0 Å². The number of thiol groups is 1. The Morgan fingerprint density at radius 3 is 2.33 bits per heavy atom. The second-order valence-corrected chi connectivity index (χ2v) is 5.69. The van der Waals surface area contributed by atoms with Gasteiger partial charge in [-0.15, -0.1) is 0 Å². The van der Waals surface area contributed by atoms with Crippen LogP contribution in [0, 0.1) is 0 Å². The molecule has 0 fully saturated rings. The van der Waals surface area contributed by atoms with Crippen molar-refractivity contribution in [1.82, 2.24) is 4.90 Å². The maximum Gasteiger partial charge on any atom is 0.261 e. The summed E-state index contributed by atoms with van der Waals surface area (Å²) in [4.78, 5) is 28.3. The van der Waals surface area contributed by atoms with E-state index >= 15 is 0 Å². The molecule has 0 unspecified atom stereocenters. The second-order valence-electron chi connectivity index (χ2n) is 5.24. The van der Waals surface area contributed by atoms with E-state index in [1.807, 2.05) is 43.3 Å². The van der Waals surface area contributed by atoms with Gasteiger partial charge in [0.05, 0.1) is 0 Å². The summed E-state index contributed by atoms with van der Waals surface area (Å²) < 4.78 is 0. The Labute approximate surface area is 128 Å². The van der Waals surface area contributed by atoms with Gasteiger partial charge in [0.1, 0.15) is 0 Å². The first kappa shape index (κ1) is 13.9. The molecule has 2 aromatic carbocycles. The van der Waals surface area contributed by atoms with Gasteiger partial charge >= 0.3 is 0 Å². The van der Waals surface area contributed by atoms with Crippen LogP contribution in [0.15, 0.2) is 30.3 Å². The summed E-state index contributed by atoms with van der Waals surface area (Å²) in [6.07, 6.45) is 0. The number of carbonyl (C=O) groups excluding carboxylic acids is 2. The van der Waals surface area contributed by atoms with Crippen LogP contribution in [0.5, 0.6) is 0 Å². The van der Waals surface area contributed by atoms with E-state index in [1.54, 1.807) is 6.07 Å². The summed E-state index contributed by atoms with van der Waals surface area (Å²) >= 11 is 4.13. The molecule has 5 heteroatoms. The van der Waals surface area contributed by atoms with Crippen LogP contribution in [0.4, 0.5) is 5.69 Å². The minimum atomic E-state index is -0.233. The SMILES string of the molecule is CN(C)c1ccc2c3c(cccc13)C(=O)N(CCS)C2=O. The van der Waals surface area contributed by atoms with Gasteiger partial charge in [-0.1, -0.05) is 12.1 Å². The van der Waals surface area contributed by atoms with E-state index in [9.17, 15) is 9.59 Å². The lowest BCUT2D eigenvalue weighted by Gasteiger charge is -2.28. The molecule has 1 aliphatic rings. The summed E-state index contributed by atoms with van der Waals surface area (Å²) in [6, 6.07) is 9.33. The predicted molar refractivity (Wildman–Crippen MR) is 87.5 cm³/mol. The normalized spacial score (nSPS) is 14.0. The molecule has 1 aliphatic heterocycles. The number of rotatable bonds is 3. The molecule has 0 radical (unpaired) electrons. The number of anilines is 1. The van der Waals surface area contributed by atoms with Crippen molar-refractivity contribution in [3.8, 4) is 0 Å². The van der Waals surface area contributed by atoms with Crippen molar-refractivity contribution in [3.63, 3.8) is 0 Å². The van der Waals surface area contributed by atoms with E-state index in [4.69, 9.17) is 0 Å². The van der Waals surface area contributed by atoms with Crippen LogP contribution in [0.3, 0.4) is 0 Å². The molecule has 108 valence electrons. The number of nitrogens with zero attached hydrogens (tertiary/aromatic N) is 2. The van der Waals surface area contributed by atoms with Crippen LogP contribution in [0.1, 0.15) is 20.7 Å². The topological polar surface area (TPSA) is 40.6 Å². The van der Waals surface area contributed by atoms with Gasteiger partial charge in [-0.3, -0.25) is 14.5 Å². The monoisotopic (exact) mass is 300 g/mol. The smallest absolute Gasteiger partial charge is 0.261 e. The van der Waals surface area contributed by atoms with Crippen molar-refractivity contribution in [1.29, 1.82) is 0 Å². The first-order valence-corrected chi connectivity index (χ1v) is 7.39. The molecule has 0 spiro atoms. The van der Waals surface area contributed by atoms with Crippen molar-refractivity contribution < 1.29 is 9.59 Å². The Morgan fingerprint density at radius 1 is 1.05 bits per heavy atom. The molecule has 2 aromatic rings. The predicted octanol–water partition coefficient (Wildman–Crippen LogP) is 2.43. The fourth-order valence-corrected chi connectivity index (χ4v) is 3.02. The highest BCUT2D eigenvalue weighted by atomic mass is 32.1. The minimum absolute atomic E-state index is 0.233. The number of imide groups is 1. The zero-order valence-electron chi connectivity index (χ0n) is 12.0. The second kappa shape index (κ2) is 5.07. The lowest BCUT2D eigenvalue weighted by molar-refractivity contribution is 0.0621. The van der Waals surface area contributed by atoms with Gasteiger partial charge in [0.15, 0.2) is 0 Å². The standard InChI is InChI=1S/C16H16N2O2S/c1-17(2)13-7-6-12-14-10(13)4-3-5-11(14)15(19)18(8-9-21)16(12)20/h3-7,21H,8-9H2,1-2H3. The Balaban J connectivity index is 2.33. The van der Waals surface area contributed by atoms with Crippen LogP contribution >= 0.6 is 12.6 Å². The lowest BCUT2D eigenvalue weighted by Crippen LogP contribution is -2.41. The van der Waals surface area contributed by atoms with Crippen molar-refractivity contribution in [2.24, 2.45) is 0 Å². The number of hydrogen-bond acceptors (Lipinski definition) is 4. The molecule has 0 N–H and O–H groups in total.